The molecular formula is C13H18ClIN2. The summed E-state index contributed by atoms with van der Waals surface area (Å²) in [6.45, 7) is 7.62. The van der Waals surface area contributed by atoms with Crippen LogP contribution in [0.25, 0.3) is 0 Å². The van der Waals surface area contributed by atoms with Crippen LogP contribution in [0.4, 0.5) is 5.69 Å². The van der Waals surface area contributed by atoms with Crippen molar-refractivity contribution in [3.8, 4) is 0 Å². The normalized spacial score (nSPS) is 20.1. The third-order valence-electron chi connectivity index (χ3n) is 3.04. The number of anilines is 1. The zero-order valence-electron chi connectivity index (χ0n) is 10.3. The molecule has 1 fully saturated rings. The number of halogens is 2. The van der Waals surface area contributed by atoms with Crippen molar-refractivity contribution >= 4 is 39.9 Å². The van der Waals surface area contributed by atoms with E-state index in [9.17, 15) is 0 Å². The maximum absolute atomic E-state index is 6.31. The van der Waals surface area contributed by atoms with E-state index in [4.69, 9.17) is 11.6 Å². The minimum atomic E-state index is 0.140. The van der Waals surface area contributed by atoms with Crippen LogP contribution >= 0.6 is 34.2 Å². The van der Waals surface area contributed by atoms with Crippen LogP contribution in [0.3, 0.4) is 0 Å². The van der Waals surface area contributed by atoms with Crippen LogP contribution < -0.4 is 10.2 Å². The molecule has 1 heterocycles. The van der Waals surface area contributed by atoms with Gasteiger partial charge in [-0.3, -0.25) is 0 Å². The number of rotatable bonds is 1. The molecule has 0 spiro atoms. The van der Waals surface area contributed by atoms with Crippen molar-refractivity contribution in [1.82, 2.24) is 5.32 Å². The molecule has 0 aromatic heterocycles. The highest BCUT2D eigenvalue weighted by Gasteiger charge is 2.25. The van der Waals surface area contributed by atoms with Gasteiger partial charge in [-0.25, -0.2) is 0 Å². The van der Waals surface area contributed by atoms with Crippen molar-refractivity contribution < 1.29 is 0 Å². The van der Waals surface area contributed by atoms with Gasteiger partial charge in [-0.15, -0.1) is 0 Å². The molecule has 1 aliphatic heterocycles. The fraction of sp³-hybridized carbons (Fsp3) is 0.538. The second-order valence-corrected chi connectivity index (χ2v) is 6.83. The molecular weight excluding hydrogens is 347 g/mol. The molecule has 1 N–H and O–H groups in total. The average Bonchev–Trinajstić information content (AvgIpc) is 2.43. The van der Waals surface area contributed by atoms with E-state index >= 15 is 0 Å². The molecule has 17 heavy (non-hydrogen) atoms. The molecule has 1 aromatic rings. The summed E-state index contributed by atoms with van der Waals surface area (Å²) in [4.78, 5) is 2.39. The lowest BCUT2D eigenvalue weighted by atomic mass is 10.1. The SMILES string of the molecule is CC1(C)CN(c2cc(I)ccc2Cl)CCCN1. The third kappa shape index (κ3) is 3.48. The summed E-state index contributed by atoms with van der Waals surface area (Å²) in [5, 5.41) is 4.42. The fourth-order valence-corrected chi connectivity index (χ4v) is 2.95. The number of nitrogens with zero attached hydrogens (tertiary/aromatic N) is 1. The van der Waals surface area contributed by atoms with Gasteiger partial charge in [0.2, 0.25) is 0 Å². The van der Waals surface area contributed by atoms with Gasteiger partial charge in [0.25, 0.3) is 0 Å². The Kier molecular flexibility index (Phi) is 4.21. The molecule has 1 saturated heterocycles. The first kappa shape index (κ1) is 13.4. The highest BCUT2D eigenvalue weighted by Crippen LogP contribution is 2.29. The van der Waals surface area contributed by atoms with Gasteiger partial charge in [-0.1, -0.05) is 11.6 Å². The Labute approximate surface area is 122 Å². The van der Waals surface area contributed by atoms with E-state index in [0.29, 0.717) is 0 Å². The van der Waals surface area contributed by atoms with Crippen LogP contribution in [0.5, 0.6) is 0 Å². The lowest BCUT2D eigenvalue weighted by molar-refractivity contribution is 0.416. The van der Waals surface area contributed by atoms with Gasteiger partial charge >= 0.3 is 0 Å². The fourth-order valence-electron chi connectivity index (χ4n) is 2.24. The van der Waals surface area contributed by atoms with E-state index in [-0.39, 0.29) is 5.54 Å². The number of benzene rings is 1. The Bertz CT molecular complexity index is 406. The van der Waals surface area contributed by atoms with Gasteiger partial charge in [-0.2, -0.15) is 0 Å². The second-order valence-electron chi connectivity index (χ2n) is 5.18. The number of hydrogen-bond acceptors (Lipinski definition) is 2. The standard InChI is InChI=1S/C13H18ClIN2/c1-13(2)9-17(7-3-6-16-13)12-8-10(15)4-5-11(12)14/h4-5,8,16H,3,6-7,9H2,1-2H3. The molecule has 0 amide bonds. The summed E-state index contributed by atoms with van der Waals surface area (Å²) in [6.07, 6.45) is 1.16. The molecule has 2 nitrogen and oxygen atoms in total. The van der Waals surface area contributed by atoms with Crippen molar-refractivity contribution in [2.45, 2.75) is 25.8 Å². The topological polar surface area (TPSA) is 15.3 Å². The Hall–Kier alpha value is -0.000000000000000132. The summed E-state index contributed by atoms with van der Waals surface area (Å²) in [7, 11) is 0. The van der Waals surface area contributed by atoms with Crippen LogP contribution in [-0.4, -0.2) is 25.2 Å². The highest BCUT2D eigenvalue weighted by atomic mass is 127. The largest absolute Gasteiger partial charge is 0.368 e. The molecule has 0 saturated carbocycles. The Morgan fingerprint density at radius 3 is 2.94 bits per heavy atom. The quantitative estimate of drug-likeness (QED) is 0.767. The van der Waals surface area contributed by atoms with Crippen LogP contribution in [0, 0.1) is 3.57 Å². The van der Waals surface area contributed by atoms with Crippen molar-refractivity contribution in [2.24, 2.45) is 0 Å². The van der Waals surface area contributed by atoms with Gasteiger partial charge in [0.05, 0.1) is 10.7 Å². The number of hydrogen-bond donors (Lipinski definition) is 1. The number of nitrogens with one attached hydrogen (secondary N) is 1. The maximum atomic E-state index is 6.31. The summed E-state index contributed by atoms with van der Waals surface area (Å²) >= 11 is 8.65. The molecule has 0 atom stereocenters. The molecule has 94 valence electrons. The van der Waals surface area contributed by atoms with Crippen LogP contribution in [-0.2, 0) is 0 Å². The molecule has 0 aliphatic carbocycles. The van der Waals surface area contributed by atoms with Crippen LogP contribution in [0.15, 0.2) is 18.2 Å². The summed E-state index contributed by atoms with van der Waals surface area (Å²) in [6, 6.07) is 6.21. The minimum Gasteiger partial charge on any atom is -0.368 e. The van der Waals surface area contributed by atoms with Gasteiger partial charge in [0.15, 0.2) is 0 Å². The van der Waals surface area contributed by atoms with E-state index in [1.54, 1.807) is 0 Å². The predicted molar refractivity (Wildman–Crippen MR) is 83.1 cm³/mol. The second kappa shape index (κ2) is 5.33. The lowest BCUT2D eigenvalue weighted by Crippen LogP contribution is -2.46. The molecule has 1 aromatic carbocycles. The van der Waals surface area contributed by atoms with E-state index in [1.165, 1.54) is 3.57 Å². The van der Waals surface area contributed by atoms with Crippen molar-refractivity contribution in [1.29, 1.82) is 0 Å². The van der Waals surface area contributed by atoms with Gasteiger partial charge in [0, 0.05) is 22.2 Å². The third-order valence-corrected chi connectivity index (χ3v) is 4.03. The van der Waals surface area contributed by atoms with Crippen LogP contribution in [0.2, 0.25) is 5.02 Å². The molecule has 0 bridgehead atoms. The van der Waals surface area contributed by atoms with Crippen LogP contribution in [0.1, 0.15) is 20.3 Å². The maximum Gasteiger partial charge on any atom is 0.0640 e. The molecule has 1 aliphatic rings. The van der Waals surface area contributed by atoms with Crippen molar-refractivity contribution in [2.75, 3.05) is 24.5 Å². The minimum absolute atomic E-state index is 0.140. The average molecular weight is 365 g/mol. The molecule has 4 heteroatoms. The molecule has 0 unspecified atom stereocenters. The first-order valence-electron chi connectivity index (χ1n) is 5.93. The Balaban J connectivity index is 2.28. The Morgan fingerprint density at radius 1 is 1.41 bits per heavy atom. The lowest BCUT2D eigenvalue weighted by Gasteiger charge is -2.32. The summed E-state index contributed by atoms with van der Waals surface area (Å²) < 4.78 is 1.23. The summed E-state index contributed by atoms with van der Waals surface area (Å²) in [5.41, 5.74) is 1.30. The van der Waals surface area contributed by atoms with E-state index < -0.39 is 0 Å². The summed E-state index contributed by atoms with van der Waals surface area (Å²) in [5.74, 6) is 0. The highest BCUT2D eigenvalue weighted by molar-refractivity contribution is 14.1. The first-order valence-corrected chi connectivity index (χ1v) is 7.39. The van der Waals surface area contributed by atoms with Crippen molar-refractivity contribution in [3.05, 3.63) is 26.8 Å². The van der Waals surface area contributed by atoms with Gasteiger partial charge < -0.3 is 10.2 Å². The zero-order chi connectivity index (χ0) is 12.5. The smallest absolute Gasteiger partial charge is 0.0640 e. The first-order chi connectivity index (χ1) is 7.98. The predicted octanol–water partition coefficient (Wildman–Crippen LogP) is 3.52. The van der Waals surface area contributed by atoms with Crippen molar-refractivity contribution in [3.63, 3.8) is 0 Å². The van der Waals surface area contributed by atoms with E-state index in [2.05, 4.69) is 52.7 Å². The Morgan fingerprint density at radius 2 is 2.18 bits per heavy atom. The monoisotopic (exact) mass is 364 g/mol. The van der Waals surface area contributed by atoms with Gasteiger partial charge in [0.1, 0.15) is 0 Å². The molecule has 2 rings (SSSR count). The zero-order valence-corrected chi connectivity index (χ0v) is 13.2. The van der Waals surface area contributed by atoms with E-state index in [1.807, 2.05) is 12.1 Å². The van der Waals surface area contributed by atoms with Gasteiger partial charge in [-0.05, 0) is 67.6 Å². The van der Waals surface area contributed by atoms with E-state index in [0.717, 1.165) is 36.8 Å². The molecule has 0 radical (unpaired) electrons.